The van der Waals surface area contributed by atoms with Crippen molar-refractivity contribution >= 4 is 0 Å². The van der Waals surface area contributed by atoms with E-state index in [0.29, 0.717) is 13.2 Å². The molecule has 2 rings (SSSR count). The molecule has 1 N–H and O–H groups in total. The van der Waals surface area contributed by atoms with Gasteiger partial charge in [0, 0.05) is 11.3 Å². The molecule has 1 aromatic heterocycles. The first kappa shape index (κ1) is 15.1. The van der Waals surface area contributed by atoms with Gasteiger partial charge in [-0.05, 0) is 44.5 Å². The molecule has 2 aromatic rings. The van der Waals surface area contributed by atoms with Crippen LogP contribution in [-0.4, -0.2) is 28.1 Å². The van der Waals surface area contributed by atoms with Gasteiger partial charge >= 0.3 is 0 Å². The summed E-state index contributed by atoms with van der Waals surface area (Å²) < 4.78 is 7.72. The lowest BCUT2D eigenvalue weighted by atomic mass is 10.2. The van der Waals surface area contributed by atoms with E-state index in [4.69, 9.17) is 9.84 Å². The molecule has 0 aliphatic heterocycles. The molecule has 1 heterocycles. The predicted octanol–water partition coefficient (Wildman–Crippen LogP) is 2.23. The highest BCUT2D eigenvalue weighted by atomic mass is 16.5. The molecule has 0 aliphatic carbocycles. The molecule has 21 heavy (non-hydrogen) atoms. The Bertz CT molecular complexity index is 678. The summed E-state index contributed by atoms with van der Waals surface area (Å²) >= 11 is 0. The van der Waals surface area contributed by atoms with Crippen molar-refractivity contribution in [1.29, 1.82) is 0 Å². The summed E-state index contributed by atoms with van der Waals surface area (Å²) in [4.78, 5) is 0. The predicted molar refractivity (Wildman–Crippen MR) is 82.3 cm³/mol. The molecule has 0 aliphatic rings. The molecular weight excluding hydrogens is 264 g/mol. The van der Waals surface area contributed by atoms with Gasteiger partial charge in [0.1, 0.15) is 19.0 Å². The summed E-state index contributed by atoms with van der Waals surface area (Å²) in [6.07, 6.45) is 0. The first-order valence-corrected chi connectivity index (χ1v) is 6.95. The average molecular weight is 284 g/mol. The molecule has 4 nitrogen and oxygen atoms in total. The van der Waals surface area contributed by atoms with Crippen LogP contribution in [0.1, 0.15) is 22.5 Å². The normalized spacial score (nSPS) is 10.1. The Balaban J connectivity index is 1.95. The second-order valence-corrected chi connectivity index (χ2v) is 4.86. The lowest BCUT2D eigenvalue weighted by molar-refractivity contribution is 0.289. The van der Waals surface area contributed by atoms with Gasteiger partial charge in [0.25, 0.3) is 0 Å². The van der Waals surface area contributed by atoms with Gasteiger partial charge in [-0.1, -0.05) is 17.9 Å². The number of aliphatic hydroxyl groups excluding tert-OH is 1. The first-order chi connectivity index (χ1) is 10.1. The molecule has 0 spiro atoms. The number of rotatable bonds is 4. The summed E-state index contributed by atoms with van der Waals surface area (Å²) in [5.74, 6) is 6.27. The maximum atomic E-state index is 8.70. The van der Waals surface area contributed by atoms with Crippen molar-refractivity contribution < 1.29 is 9.84 Å². The first-order valence-electron chi connectivity index (χ1n) is 6.95. The zero-order valence-corrected chi connectivity index (χ0v) is 12.7. The van der Waals surface area contributed by atoms with E-state index in [0.717, 1.165) is 17.0 Å². The molecule has 0 radical (unpaired) electrons. The van der Waals surface area contributed by atoms with Crippen LogP contribution in [0.5, 0.6) is 5.75 Å². The minimum absolute atomic E-state index is 0.137. The van der Waals surface area contributed by atoms with E-state index in [1.807, 2.05) is 35.9 Å². The van der Waals surface area contributed by atoms with Gasteiger partial charge < -0.3 is 9.84 Å². The Labute approximate surface area is 125 Å². The third-order valence-corrected chi connectivity index (χ3v) is 3.46. The van der Waals surface area contributed by atoms with E-state index in [1.165, 1.54) is 11.3 Å². The number of aliphatic hydroxyl groups is 1. The third kappa shape index (κ3) is 3.87. The molecule has 0 bridgehead atoms. The molecule has 0 atom stereocenters. The zero-order valence-electron chi connectivity index (χ0n) is 12.7. The van der Waals surface area contributed by atoms with E-state index in [9.17, 15) is 0 Å². The van der Waals surface area contributed by atoms with Crippen molar-refractivity contribution in [2.24, 2.45) is 0 Å². The van der Waals surface area contributed by atoms with Crippen LogP contribution in [0.25, 0.3) is 0 Å². The number of nitrogens with zero attached hydrogens (tertiary/aromatic N) is 2. The SMILES string of the molecule is Cc1nn(CCOc2cccc(C#CCO)c2)c(C)c1C. The largest absolute Gasteiger partial charge is 0.492 e. The summed E-state index contributed by atoms with van der Waals surface area (Å²) in [6, 6.07) is 7.55. The Hall–Kier alpha value is -2.25. The van der Waals surface area contributed by atoms with Gasteiger partial charge in [-0.25, -0.2) is 0 Å². The van der Waals surface area contributed by atoms with E-state index in [-0.39, 0.29) is 6.61 Å². The van der Waals surface area contributed by atoms with E-state index < -0.39 is 0 Å². The summed E-state index contributed by atoms with van der Waals surface area (Å²) in [7, 11) is 0. The monoisotopic (exact) mass is 284 g/mol. The van der Waals surface area contributed by atoms with Gasteiger partial charge in [0.2, 0.25) is 0 Å². The van der Waals surface area contributed by atoms with Crippen LogP contribution in [0.15, 0.2) is 24.3 Å². The van der Waals surface area contributed by atoms with Crippen molar-refractivity contribution in [2.45, 2.75) is 27.3 Å². The number of benzene rings is 1. The number of ether oxygens (including phenoxy) is 1. The number of aryl methyl sites for hydroxylation is 1. The number of hydrogen-bond acceptors (Lipinski definition) is 3. The molecule has 0 amide bonds. The van der Waals surface area contributed by atoms with Crippen LogP contribution < -0.4 is 4.74 Å². The molecule has 110 valence electrons. The molecule has 0 unspecified atom stereocenters. The number of hydrogen-bond donors (Lipinski definition) is 1. The van der Waals surface area contributed by atoms with Gasteiger partial charge in [0.05, 0.1) is 12.2 Å². The molecule has 1 aromatic carbocycles. The minimum atomic E-state index is -0.137. The molecule has 0 fully saturated rings. The van der Waals surface area contributed by atoms with Crippen LogP contribution >= 0.6 is 0 Å². The highest BCUT2D eigenvalue weighted by Gasteiger charge is 2.06. The van der Waals surface area contributed by atoms with Gasteiger partial charge in [-0.3, -0.25) is 4.68 Å². The Morgan fingerprint density at radius 1 is 1.29 bits per heavy atom. The van der Waals surface area contributed by atoms with Crippen molar-refractivity contribution in [3.05, 3.63) is 46.8 Å². The van der Waals surface area contributed by atoms with Crippen molar-refractivity contribution in [3.63, 3.8) is 0 Å². The Kier molecular flexibility index (Phi) is 5.02. The van der Waals surface area contributed by atoms with Gasteiger partial charge in [-0.2, -0.15) is 5.10 Å². The van der Waals surface area contributed by atoms with E-state index in [2.05, 4.69) is 30.8 Å². The van der Waals surface area contributed by atoms with Crippen molar-refractivity contribution in [3.8, 4) is 17.6 Å². The van der Waals surface area contributed by atoms with Gasteiger partial charge in [-0.15, -0.1) is 0 Å². The topological polar surface area (TPSA) is 47.3 Å². The number of aromatic nitrogens is 2. The fourth-order valence-electron chi connectivity index (χ4n) is 2.06. The standard InChI is InChI=1S/C17H20N2O2/c1-13-14(2)18-19(15(13)3)9-11-21-17-8-4-6-16(12-17)7-5-10-20/h4,6,8,12,20H,9-11H2,1-3H3. The second kappa shape index (κ2) is 6.96. The third-order valence-electron chi connectivity index (χ3n) is 3.46. The van der Waals surface area contributed by atoms with Crippen LogP contribution in [0.4, 0.5) is 0 Å². The van der Waals surface area contributed by atoms with Crippen molar-refractivity contribution in [2.75, 3.05) is 13.2 Å². The lowest BCUT2D eigenvalue weighted by Crippen LogP contribution is -2.11. The highest BCUT2D eigenvalue weighted by molar-refractivity contribution is 5.39. The summed E-state index contributed by atoms with van der Waals surface area (Å²) in [5, 5.41) is 13.2. The minimum Gasteiger partial charge on any atom is -0.492 e. The van der Waals surface area contributed by atoms with E-state index in [1.54, 1.807) is 0 Å². The van der Waals surface area contributed by atoms with Crippen LogP contribution in [0.3, 0.4) is 0 Å². The van der Waals surface area contributed by atoms with Crippen molar-refractivity contribution in [1.82, 2.24) is 9.78 Å². The van der Waals surface area contributed by atoms with E-state index >= 15 is 0 Å². The summed E-state index contributed by atoms with van der Waals surface area (Å²) in [6.45, 7) is 7.30. The fraction of sp³-hybridized carbons (Fsp3) is 0.353. The zero-order chi connectivity index (χ0) is 15.2. The summed E-state index contributed by atoms with van der Waals surface area (Å²) in [5.41, 5.74) is 4.31. The second-order valence-electron chi connectivity index (χ2n) is 4.86. The fourth-order valence-corrected chi connectivity index (χ4v) is 2.06. The lowest BCUT2D eigenvalue weighted by Gasteiger charge is -2.08. The molecular formula is C17H20N2O2. The van der Waals surface area contributed by atoms with Crippen LogP contribution in [0, 0.1) is 32.6 Å². The van der Waals surface area contributed by atoms with Crippen LogP contribution in [0.2, 0.25) is 0 Å². The Morgan fingerprint density at radius 3 is 2.76 bits per heavy atom. The maximum absolute atomic E-state index is 8.70. The average Bonchev–Trinajstić information content (AvgIpc) is 2.73. The molecule has 0 saturated carbocycles. The molecule has 0 saturated heterocycles. The highest BCUT2D eigenvalue weighted by Crippen LogP contribution is 2.14. The maximum Gasteiger partial charge on any atom is 0.120 e. The van der Waals surface area contributed by atoms with Crippen LogP contribution in [-0.2, 0) is 6.54 Å². The smallest absolute Gasteiger partial charge is 0.120 e. The Morgan fingerprint density at radius 2 is 2.10 bits per heavy atom. The van der Waals surface area contributed by atoms with Gasteiger partial charge in [0.15, 0.2) is 0 Å². The molecule has 4 heteroatoms. The quantitative estimate of drug-likeness (QED) is 0.876.